The molecule has 0 heterocycles. The fraction of sp³-hybridized carbons (Fsp3) is 0.886. The maximum atomic E-state index is 12.9. The Balaban J connectivity index is 1.49. The average molecular weight is 556 g/mol. The van der Waals surface area contributed by atoms with E-state index in [0.717, 1.165) is 57.8 Å². The molecule has 0 aliphatic heterocycles. The van der Waals surface area contributed by atoms with Gasteiger partial charge in [0.25, 0.3) is 0 Å². The predicted octanol–water partition coefficient (Wildman–Crippen LogP) is 7.62. The highest BCUT2D eigenvalue weighted by atomic mass is 16.5. The largest absolute Gasteiger partial charge is 0.481 e. The van der Waals surface area contributed by atoms with E-state index >= 15 is 0 Å². The second kappa shape index (κ2) is 9.58. The first-order valence-corrected chi connectivity index (χ1v) is 16.4. The van der Waals surface area contributed by atoms with Gasteiger partial charge in [0.2, 0.25) is 0 Å². The van der Waals surface area contributed by atoms with E-state index in [1.165, 1.54) is 5.57 Å². The normalized spacial score (nSPS) is 48.5. The summed E-state index contributed by atoms with van der Waals surface area (Å²) in [7, 11) is 0. The fourth-order valence-electron chi connectivity index (χ4n) is 11.5. The number of nitrogens with two attached hydrogens (primary N) is 1. The molecule has 0 aromatic rings. The van der Waals surface area contributed by atoms with Crippen molar-refractivity contribution in [3.63, 3.8) is 0 Å². The zero-order chi connectivity index (χ0) is 29.6. The fourth-order valence-corrected chi connectivity index (χ4v) is 11.5. The van der Waals surface area contributed by atoms with Crippen molar-refractivity contribution < 1.29 is 19.4 Å². The van der Waals surface area contributed by atoms with Crippen LogP contribution in [0, 0.1) is 62.6 Å². The molecule has 5 rings (SSSR count). The van der Waals surface area contributed by atoms with Crippen molar-refractivity contribution in [1.82, 2.24) is 0 Å². The van der Waals surface area contributed by atoms with Gasteiger partial charge in [-0.2, -0.15) is 0 Å². The highest BCUT2D eigenvalue weighted by Crippen LogP contribution is 2.75. The van der Waals surface area contributed by atoms with Gasteiger partial charge in [0.1, 0.15) is 12.1 Å². The van der Waals surface area contributed by atoms with E-state index in [4.69, 9.17) is 10.5 Å². The van der Waals surface area contributed by atoms with Gasteiger partial charge in [0, 0.05) is 5.41 Å². The van der Waals surface area contributed by atoms with E-state index in [-0.39, 0.29) is 45.6 Å². The first-order chi connectivity index (χ1) is 18.5. The summed E-state index contributed by atoms with van der Waals surface area (Å²) < 4.78 is 6.17. The molecule has 3 N–H and O–H groups in total. The van der Waals surface area contributed by atoms with Gasteiger partial charge in [-0.25, -0.2) is 0 Å². The monoisotopic (exact) mass is 555 g/mol. The Morgan fingerprint density at radius 1 is 0.950 bits per heavy atom. The van der Waals surface area contributed by atoms with Gasteiger partial charge in [0.15, 0.2) is 0 Å². The van der Waals surface area contributed by atoms with Gasteiger partial charge in [0.05, 0.1) is 5.41 Å². The Bertz CT molecular complexity index is 1080. The lowest BCUT2D eigenvalue weighted by Gasteiger charge is -2.71. The number of fused-ring (bicyclic) bond motifs is 7. The number of hydrogen-bond acceptors (Lipinski definition) is 4. The molecule has 5 heteroatoms. The average Bonchev–Trinajstić information content (AvgIpc) is 2.87. The number of hydrogen-bond donors (Lipinski definition) is 2. The standard InChI is InChI=1S/C35H57NO4/c1-20(2)28(36)29(37)40-26-14-15-32(7)24(31(26,5)6)13-16-34(9)25(32)11-10-23-27-22(4)21(3)12-17-35(27,30(38)39)19-18-33(23,34)8/h10,20-22,24-28H,11-19,36H2,1-9H3,(H,38,39)/t21-,22+,24+,25-,26+,27+,28?,32+,33-,34-,35+/m1/s1. The number of carbonyl (C=O) groups excluding carboxylic acids is 1. The number of carboxylic acids is 1. The summed E-state index contributed by atoms with van der Waals surface area (Å²) in [5.41, 5.74) is 7.26. The number of carboxylic acid groups (broad SMARTS) is 1. The van der Waals surface area contributed by atoms with Gasteiger partial charge in [-0.05, 0) is 110 Å². The number of ether oxygens (including phenoxy) is 1. The van der Waals surface area contributed by atoms with E-state index < -0.39 is 17.4 Å². The van der Waals surface area contributed by atoms with Gasteiger partial charge in [-0.3, -0.25) is 9.59 Å². The molecule has 0 radical (unpaired) electrons. The Hall–Kier alpha value is -1.36. The van der Waals surface area contributed by atoms with Crippen LogP contribution in [0.3, 0.4) is 0 Å². The predicted molar refractivity (Wildman–Crippen MR) is 159 cm³/mol. The van der Waals surface area contributed by atoms with Crippen LogP contribution in [-0.4, -0.2) is 29.2 Å². The van der Waals surface area contributed by atoms with Crippen LogP contribution >= 0.6 is 0 Å². The molecule has 5 nitrogen and oxygen atoms in total. The van der Waals surface area contributed by atoms with Crippen LogP contribution in [0.1, 0.15) is 120 Å². The van der Waals surface area contributed by atoms with Crippen molar-refractivity contribution >= 4 is 11.9 Å². The zero-order valence-electron chi connectivity index (χ0n) is 26.8. The maximum absolute atomic E-state index is 12.9. The molecule has 11 atom stereocenters. The zero-order valence-corrected chi connectivity index (χ0v) is 26.8. The van der Waals surface area contributed by atoms with Crippen LogP contribution in [0.4, 0.5) is 0 Å². The highest BCUT2D eigenvalue weighted by molar-refractivity contribution is 5.77. The second-order valence-corrected chi connectivity index (χ2v) is 16.7. The maximum Gasteiger partial charge on any atom is 0.323 e. The molecule has 1 unspecified atom stereocenters. The van der Waals surface area contributed by atoms with E-state index in [1.807, 2.05) is 13.8 Å². The number of allylic oxidation sites excluding steroid dienone is 2. The van der Waals surface area contributed by atoms with Gasteiger partial charge in [-0.1, -0.05) is 74.0 Å². The van der Waals surface area contributed by atoms with E-state index in [0.29, 0.717) is 23.7 Å². The van der Waals surface area contributed by atoms with Crippen molar-refractivity contribution in [3.05, 3.63) is 11.6 Å². The Morgan fingerprint density at radius 2 is 1.62 bits per heavy atom. The van der Waals surface area contributed by atoms with Crippen molar-refractivity contribution in [2.75, 3.05) is 0 Å². The van der Waals surface area contributed by atoms with E-state index in [2.05, 4.69) is 54.5 Å². The third kappa shape index (κ3) is 3.87. The molecular formula is C35H57NO4. The molecular weight excluding hydrogens is 498 g/mol. The van der Waals surface area contributed by atoms with Crippen LogP contribution in [0.25, 0.3) is 0 Å². The molecule has 4 saturated carbocycles. The third-order valence-corrected chi connectivity index (χ3v) is 14.6. The summed E-state index contributed by atoms with van der Waals surface area (Å²) in [6.07, 6.45) is 11.3. The molecule has 5 aliphatic carbocycles. The van der Waals surface area contributed by atoms with Crippen LogP contribution in [0.2, 0.25) is 0 Å². The van der Waals surface area contributed by atoms with E-state index in [9.17, 15) is 14.7 Å². The smallest absolute Gasteiger partial charge is 0.323 e. The van der Waals surface area contributed by atoms with Crippen molar-refractivity contribution in [1.29, 1.82) is 0 Å². The quantitative estimate of drug-likeness (QED) is 0.275. The van der Waals surface area contributed by atoms with Crippen LogP contribution in [0.15, 0.2) is 11.6 Å². The Labute approximate surface area is 243 Å². The Morgan fingerprint density at radius 3 is 2.25 bits per heavy atom. The molecule has 40 heavy (non-hydrogen) atoms. The second-order valence-electron chi connectivity index (χ2n) is 16.7. The molecule has 5 aliphatic rings. The molecule has 0 amide bonds. The first-order valence-electron chi connectivity index (χ1n) is 16.4. The summed E-state index contributed by atoms with van der Waals surface area (Å²) >= 11 is 0. The summed E-state index contributed by atoms with van der Waals surface area (Å²) in [4.78, 5) is 25.8. The topological polar surface area (TPSA) is 89.6 Å². The number of aliphatic carboxylic acids is 1. The highest BCUT2D eigenvalue weighted by Gasteiger charge is 2.69. The minimum Gasteiger partial charge on any atom is -0.481 e. The number of rotatable bonds is 4. The summed E-state index contributed by atoms with van der Waals surface area (Å²) in [6, 6.07) is -0.574. The summed E-state index contributed by atoms with van der Waals surface area (Å²) in [5.74, 6) is 1.35. The minimum absolute atomic E-state index is 0.0241. The molecule has 226 valence electrons. The minimum atomic E-state index is -0.595. The van der Waals surface area contributed by atoms with Crippen molar-refractivity contribution in [3.8, 4) is 0 Å². The molecule has 0 aromatic heterocycles. The van der Waals surface area contributed by atoms with Crippen molar-refractivity contribution in [2.24, 2.45) is 68.3 Å². The van der Waals surface area contributed by atoms with Crippen molar-refractivity contribution in [2.45, 2.75) is 132 Å². The SMILES string of the molecule is CC(C)C(N)C(=O)O[C@H]1CC[C@]2(C)[C@H]3CC=C4[C@@H]5[C@@H](C)[C@H](C)CC[C@]5(C(=O)O)CC[C@@]4(C)[C@]3(C)CC[C@H]2C1(C)C. The number of esters is 1. The van der Waals surface area contributed by atoms with Crippen LogP contribution < -0.4 is 5.73 Å². The summed E-state index contributed by atoms with van der Waals surface area (Å²) in [5, 5.41) is 10.6. The van der Waals surface area contributed by atoms with Gasteiger partial charge in [-0.15, -0.1) is 0 Å². The molecule has 0 bridgehead atoms. The molecule has 0 saturated heterocycles. The molecule has 0 aromatic carbocycles. The van der Waals surface area contributed by atoms with Crippen LogP contribution in [-0.2, 0) is 14.3 Å². The van der Waals surface area contributed by atoms with Gasteiger partial charge < -0.3 is 15.6 Å². The van der Waals surface area contributed by atoms with Crippen LogP contribution in [0.5, 0.6) is 0 Å². The lowest BCUT2D eigenvalue weighted by atomic mass is 9.33. The lowest BCUT2D eigenvalue weighted by Crippen LogP contribution is -2.65. The lowest BCUT2D eigenvalue weighted by molar-refractivity contribution is -0.215. The molecule has 4 fully saturated rings. The van der Waals surface area contributed by atoms with E-state index in [1.54, 1.807) is 0 Å². The first kappa shape index (κ1) is 30.1. The Kier molecular flexibility index (Phi) is 7.21. The molecule has 0 spiro atoms. The summed E-state index contributed by atoms with van der Waals surface area (Å²) in [6.45, 7) is 20.9. The number of carbonyl (C=O) groups is 2. The van der Waals surface area contributed by atoms with Gasteiger partial charge >= 0.3 is 11.9 Å². The third-order valence-electron chi connectivity index (χ3n) is 14.6.